The zero-order valence-electron chi connectivity index (χ0n) is 16.7. The van der Waals surface area contributed by atoms with Crippen molar-refractivity contribution in [2.75, 3.05) is 25.0 Å². The molecule has 0 spiro atoms. The van der Waals surface area contributed by atoms with Crippen molar-refractivity contribution in [2.45, 2.75) is 17.7 Å². The van der Waals surface area contributed by atoms with Crippen LogP contribution >= 0.6 is 0 Å². The summed E-state index contributed by atoms with van der Waals surface area (Å²) in [6.45, 7) is 0.478. The fraction of sp³-hybridized carbons (Fsp3) is 0.227. The summed E-state index contributed by atoms with van der Waals surface area (Å²) in [5.74, 6) is -1.30. The Kier molecular flexibility index (Phi) is 5.97. The summed E-state index contributed by atoms with van der Waals surface area (Å²) in [6, 6.07) is 16.7. The zero-order chi connectivity index (χ0) is 21.8. The van der Waals surface area contributed by atoms with E-state index < -0.39 is 28.5 Å². The summed E-state index contributed by atoms with van der Waals surface area (Å²) in [5, 5.41) is 3.45. The number of benzene rings is 2. The van der Waals surface area contributed by atoms with Crippen LogP contribution in [-0.2, 0) is 19.6 Å². The van der Waals surface area contributed by atoms with Crippen LogP contribution in [-0.4, -0.2) is 49.3 Å². The van der Waals surface area contributed by atoms with E-state index in [0.717, 1.165) is 18.2 Å². The fourth-order valence-corrected chi connectivity index (χ4v) is 4.96. The first-order valence-electron chi connectivity index (χ1n) is 9.86. The lowest BCUT2D eigenvalue weighted by atomic mass is 10.2. The van der Waals surface area contributed by atoms with E-state index in [4.69, 9.17) is 4.74 Å². The van der Waals surface area contributed by atoms with Gasteiger partial charge in [0.1, 0.15) is 5.69 Å². The van der Waals surface area contributed by atoms with Crippen LogP contribution in [0.2, 0.25) is 0 Å². The highest BCUT2D eigenvalue weighted by molar-refractivity contribution is 7.89. The zero-order valence-corrected chi connectivity index (χ0v) is 17.5. The number of sulfonamides is 1. The number of para-hydroxylation sites is 1. The number of nitrogens with zero attached hydrogens (tertiary/aromatic N) is 2. The molecule has 1 aliphatic rings. The molecule has 1 fully saturated rings. The monoisotopic (exact) mass is 439 g/mol. The Morgan fingerprint density at radius 2 is 1.77 bits per heavy atom. The number of carbonyl (C=O) groups excluding carboxylic acids is 2. The molecule has 0 aliphatic carbocycles. The molecule has 1 saturated heterocycles. The Labute approximate surface area is 179 Å². The number of nitrogens with one attached hydrogen (secondary N) is 1. The van der Waals surface area contributed by atoms with Crippen molar-refractivity contribution in [3.63, 3.8) is 0 Å². The van der Waals surface area contributed by atoms with Gasteiger partial charge in [-0.2, -0.15) is 4.31 Å². The van der Waals surface area contributed by atoms with Crippen LogP contribution in [0.15, 0.2) is 65.6 Å². The number of anilines is 1. The molecule has 1 aromatic heterocycles. The topological polar surface area (TPSA) is 106 Å². The third-order valence-corrected chi connectivity index (χ3v) is 6.86. The van der Waals surface area contributed by atoms with Gasteiger partial charge in [-0.1, -0.05) is 30.3 Å². The van der Waals surface area contributed by atoms with Gasteiger partial charge < -0.3 is 10.1 Å². The number of ether oxygens (including phenoxy) is 1. The molecule has 0 atom stereocenters. The molecule has 0 unspecified atom stereocenters. The van der Waals surface area contributed by atoms with Crippen molar-refractivity contribution in [2.24, 2.45) is 0 Å². The molecule has 9 heteroatoms. The lowest BCUT2D eigenvalue weighted by Gasteiger charge is -2.16. The van der Waals surface area contributed by atoms with E-state index in [2.05, 4.69) is 10.3 Å². The molecule has 0 bridgehead atoms. The quantitative estimate of drug-likeness (QED) is 0.592. The molecule has 31 heavy (non-hydrogen) atoms. The van der Waals surface area contributed by atoms with E-state index in [-0.39, 0.29) is 10.6 Å². The van der Waals surface area contributed by atoms with Crippen molar-refractivity contribution in [1.82, 2.24) is 9.29 Å². The van der Waals surface area contributed by atoms with Gasteiger partial charge in [-0.05, 0) is 43.2 Å². The van der Waals surface area contributed by atoms with Crippen molar-refractivity contribution < 1.29 is 22.7 Å². The number of esters is 1. The van der Waals surface area contributed by atoms with Gasteiger partial charge in [0.25, 0.3) is 5.91 Å². The lowest BCUT2D eigenvalue weighted by molar-refractivity contribution is -0.119. The maximum Gasteiger partial charge on any atom is 0.357 e. The molecule has 4 rings (SSSR count). The first-order chi connectivity index (χ1) is 14.9. The minimum atomic E-state index is -3.59. The Morgan fingerprint density at radius 1 is 1.00 bits per heavy atom. The third-order valence-electron chi connectivity index (χ3n) is 4.96. The largest absolute Gasteiger partial charge is 0.451 e. The van der Waals surface area contributed by atoms with E-state index in [9.17, 15) is 18.0 Å². The van der Waals surface area contributed by atoms with Gasteiger partial charge in [-0.25, -0.2) is 18.2 Å². The molecule has 0 saturated carbocycles. The van der Waals surface area contributed by atoms with Crippen LogP contribution in [0.3, 0.4) is 0 Å². The van der Waals surface area contributed by atoms with Gasteiger partial charge in [0, 0.05) is 24.2 Å². The molecule has 1 N–H and O–H groups in total. The van der Waals surface area contributed by atoms with Crippen LogP contribution in [0.4, 0.5) is 5.69 Å². The second-order valence-corrected chi connectivity index (χ2v) is 9.09. The summed E-state index contributed by atoms with van der Waals surface area (Å²) >= 11 is 0. The van der Waals surface area contributed by atoms with E-state index in [1.54, 1.807) is 24.3 Å². The Hall–Kier alpha value is -3.30. The van der Waals surface area contributed by atoms with Crippen LogP contribution in [0.1, 0.15) is 23.3 Å². The molecule has 160 valence electrons. The Bertz CT molecular complexity index is 1240. The number of amides is 1. The lowest BCUT2D eigenvalue weighted by Crippen LogP contribution is -2.28. The van der Waals surface area contributed by atoms with Crippen LogP contribution in [0.5, 0.6) is 0 Å². The first-order valence-corrected chi connectivity index (χ1v) is 11.3. The summed E-state index contributed by atoms with van der Waals surface area (Å²) in [4.78, 5) is 28.8. The number of aromatic nitrogens is 1. The van der Waals surface area contributed by atoms with Gasteiger partial charge in [-0.3, -0.25) is 4.79 Å². The predicted molar refractivity (Wildman–Crippen MR) is 115 cm³/mol. The molecule has 3 aromatic rings. The normalized spacial score (nSPS) is 14.5. The highest BCUT2D eigenvalue weighted by atomic mass is 32.2. The maximum atomic E-state index is 12.7. The summed E-state index contributed by atoms with van der Waals surface area (Å²) in [7, 11) is -3.59. The number of hydrogen-bond donors (Lipinski definition) is 1. The Morgan fingerprint density at radius 3 is 2.58 bits per heavy atom. The maximum absolute atomic E-state index is 12.7. The summed E-state index contributed by atoms with van der Waals surface area (Å²) in [6.07, 6.45) is 1.68. The SMILES string of the molecule is O=C(COC(=O)c1ccc2ccccc2n1)Nc1cccc(S(=O)(=O)N2CCCC2)c1. The molecular formula is C22H21N3O5S. The molecule has 0 radical (unpaired) electrons. The van der Waals surface area contributed by atoms with E-state index >= 15 is 0 Å². The van der Waals surface area contributed by atoms with Gasteiger partial charge in [0.2, 0.25) is 10.0 Å². The average Bonchev–Trinajstić information content (AvgIpc) is 3.33. The molecule has 8 nitrogen and oxygen atoms in total. The highest BCUT2D eigenvalue weighted by Gasteiger charge is 2.27. The smallest absolute Gasteiger partial charge is 0.357 e. The second-order valence-electron chi connectivity index (χ2n) is 7.15. The summed E-state index contributed by atoms with van der Waals surface area (Å²) < 4.78 is 31.8. The van der Waals surface area contributed by atoms with Crippen LogP contribution in [0.25, 0.3) is 10.9 Å². The van der Waals surface area contributed by atoms with Gasteiger partial charge >= 0.3 is 5.97 Å². The second kappa shape index (κ2) is 8.83. The standard InChI is InChI=1S/C22H21N3O5S/c26-21(15-30-22(27)20-11-10-16-6-1-2-9-19(16)24-20)23-17-7-5-8-18(14-17)31(28,29)25-12-3-4-13-25/h1-2,5-11,14H,3-4,12-13,15H2,(H,23,26). The molecular weight excluding hydrogens is 418 g/mol. The highest BCUT2D eigenvalue weighted by Crippen LogP contribution is 2.23. The number of pyridine rings is 1. The van der Waals surface area contributed by atoms with Gasteiger partial charge in [0.15, 0.2) is 6.61 Å². The number of fused-ring (bicyclic) bond motifs is 1. The predicted octanol–water partition coefficient (Wildman–Crippen LogP) is 2.81. The number of hydrogen-bond acceptors (Lipinski definition) is 6. The van der Waals surface area contributed by atoms with E-state index in [0.29, 0.717) is 24.3 Å². The average molecular weight is 439 g/mol. The molecule has 2 heterocycles. The van der Waals surface area contributed by atoms with Crippen molar-refractivity contribution in [1.29, 1.82) is 0 Å². The molecule has 2 aromatic carbocycles. The minimum Gasteiger partial charge on any atom is -0.451 e. The van der Waals surface area contributed by atoms with Crippen LogP contribution < -0.4 is 5.32 Å². The Balaban J connectivity index is 1.38. The number of carbonyl (C=O) groups is 2. The first kappa shape index (κ1) is 21.0. The van der Waals surface area contributed by atoms with E-state index in [1.165, 1.54) is 22.5 Å². The van der Waals surface area contributed by atoms with Crippen molar-refractivity contribution >= 4 is 38.5 Å². The van der Waals surface area contributed by atoms with Crippen molar-refractivity contribution in [3.8, 4) is 0 Å². The number of rotatable bonds is 6. The molecule has 1 amide bonds. The molecule has 1 aliphatic heterocycles. The van der Waals surface area contributed by atoms with Gasteiger partial charge in [0.05, 0.1) is 10.4 Å². The van der Waals surface area contributed by atoms with Crippen LogP contribution in [0, 0.1) is 0 Å². The van der Waals surface area contributed by atoms with Crippen molar-refractivity contribution in [3.05, 3.63) is 66.4 Å². The third kappa shape index (κ3) is 4.73. The minimum absolute atomic E-state index is 0.102. The summed E-state index contributed by atoms with van der Waals surface area (Å²) in [5.41, 5.74) is 1.06. The fourth-order valence-electron chi connectivity index (χ4n) is 3.39. The van der Waals surface area contributed by atoms with Gasteiger partial charge in [-0.15, -0.1) is 0 Å². The van der Waals surface area contributed by atoms with E-state index in [1.807, 2.05) is 18.2 Å².